The summed E-state index contributed by atoms with van der Waals surface area (Å²) in [6.45, 7) is 3.89. The number of aryl methyl sites for hydroxylation is 1. The molecule has 1 atom stereocenters. The first-order chi connectivity index (χ1) is 11.6. The van der Waals surface area contributed by atoms with Crippen LogP contribution < -0.4 is 10.1 Å². The van der Waals surface area contributed by atoms with Gasteiger partial charge in [0.15, 0.2) is 0 Å². The highest BCUT2D eigenvalue weighted by Crippen LogP contribution is 2.22. The van der Waals surface area contributed by atoms with E-state index in [4.69, 9.17) is 9.15 Å². The highest BCUT2D eigenvalue weighted by atomic mass is 19.1. The first-order valence-electron chi connectivity index (χ1n) is 7.64. The molecule has 24 heavy (non-hydrogen) atoms. The summed E-state index contributed by atoms with van der Waals surface area (Å²) in [5.41, 5.74) is 1.43. The quantitative estimate of drug-likeness (QED) is 0.732. The van der Waals surface area contributed by atoms with Gasteiger partial charge in [0, 0.05) is 18.2 Å². The average molecular weight is 327 g/mol. The topological polar surface area (TPSA) is 60.2 Å². The third-order valence-corrected chi connectivity index (χ3v) is 3.50. The molecule has 0 aliphatic heterocycles. The number of benzene rings is 2. The summed E-state index contributed by atoms with van der Waals surface area (Å²) in [5.74, 6) is 1.48. The first-order valence-corrected chi connectivity index (χ1v) is 7.64. The molecule has 1 heterocycles. The Morgan fingerprint density at radius 3 is 2.54 bits per heavy atom. The van der Waals surface area contributed by atoms with E-state index >= 15 is 0 Å². The Kier molecular flexibility index (Phi) is 4.74. The van der Waals surface area contributed by atoms with Gasteiger partial charge in [0.1, 0.15) is 24.2 Å². The predicted octanol–water partition coefficient (Wildman–Crippen LogP) is 4.27. The van der Waals surface area contributed by atoms with Crippen LogP contribution in [-0.4, -0.2) is 10.2 Å². The van der Waals surface area contributed by atoms with Crippen molar-refractivity contribution < 1.29 is 13.5 Å². The minimum Gasteiger partial charge on any atom is -0.489 e. The van der Waals surface area contributed by atoms with Crippen molar-refractivity contribution in [1.29, 1.82) is 0 Å². The van der Waals surface area contributed by atoms with Crippen LogP contribution in [0.15, 0.2) is 52.9 Å². The molecule has 1 N–H and O–H groups in total. The lowest BCUT2D eigenvalue weighted by molar-refractivity contribution is 0.300. The molecule has 0 radical (unpaired) electrons. The molecule has 3 aromatic rings. The monoisotopic (exact) mass is 327 g/mol. The summed E-state index contributed by atoms with van der Waals surface area (Å²) >= 11 is 0. The standard InChI is InChI=1S/C18H18FN3O2/c1-12(18-22-21-13(2)24-18)20-15-7-9-16(10-8-15)23-11-14-5-3-4-6-17(14)19/h3-10,12,20H,11H2,1-2H3/t12-/m1/s1. The maximum absolute atomic E-state index is 13.6. The summed E-state index contributed by atoms with van der Waals surface area (Å²) in [4.78, 5) is 0. The lowest BCUT2D eigenvalue weighted by Gasteiger charge is -2.12. The van der Waals surface area contributed by atoms with Gasteiger partial charge in [0.25, 0.3) is 0 Å². The lowest BCUT2D eigenvalue weighted by Crippen LogP contribution is -2.07. The Labute approximate surface area is 139 Å². The molecule has 124 valence electrons. The molecule has 6 heteroatoms. The number of halogens is 1. The van der Waals surface area contributed by atoms with Gasteiger partial charge < -0.3 is 14.5 Å². The van der Waals surface area contributed by atoms with Crippen molar-refractivity contribution in [1.82, 2.24) is 10.2 Å². The maximum Gasteiger partial charge on any atom is 0.238 e. The van der Waals surface area contributed by atoms with Crippen LogP contribution in [0.2, 0.25) is 0 Å². The van der Waals surface area contributed by atoms with Crippen molar-refractivity contribution in [2.24, 2.45) is 0 Å². The molecule has 0 fully saturated rings. The van der Waals surface area contributed by atoms with Crippen molar-refractivity contribution in [3.63, 3.8) is 0 Å². The third kappa shape index (κ3) is 3.90. The van der Waals surface area contributed by atoms with Crippen LogP contribution in [0.1, 0.15) is 30.3 Å². The zero-order valence-corrected chi connectivity index (χ0v) is 13.5. The van der Waals surface area contributed by atoms with Crippen LogP contribution in [0, 0.1) is 12.7 Å². The zero-order chi connectivity index (χ0) is 16.9. The number of anilines is 1. The molecular formula is C18H18FN3O2. The van der Waals surface area contributed by atoms with Gasteiger partial charge in [-0.15, -0.1) is 10.2 Å². The zero-order valence-electron chi connectivity index (χ0n) is 13.5. The van der Waals surface area contributed by atoms with Crippen molar-refractivity contribution in [3.05, 3.63) is 71.7 Å². The van der Waals surface area contributed by atoms with Gasteiger partial charge in [0.05, 0.1) is 0 Å². The molecule has 5 nitrogen and oxygen atoms in total. The molecule has 0 spiro atoms. The van der Waals surface area contributed by atoms with E-state index in [0.29, 0.717) is 23.1 Å². The highest BCUT2D eigenvalue weighted by molar-refractivity contribution is 5.47. The molecule has 0 aliphatic carbocycles. The number of ether oxygens (including phenoxy) is 1. The van der Waals surface area contributed by atoms with Crippen molar-refractivity contribution in [3.8, 4) is 5.75 Å². The van der Waals surface area contributed by atoms with Gasteiger partial charge >= 0.3 is 0 Å². The van der Waals surface area contributed by atoms with E-state index in [-0.39, 0.29) is 18.5 Å². The Hall–Kier alpha value is -2.89. The lowest BCUT2D eigenvalue weighted by atomic mass is 10.2. The normalized spacial score (nSPS) is 12.0. The highest BCUT2D eigenvalue weighted by Gasteiger charge is 2.12. The number of aromatic nitrogens is 2. The molecule has 0 saturated carbocycles. The largest absolute Gasteiger partial charge is 0.489 e. The summed E-state index contributed by atoms with van der Waals surface area (Å²) in [6.07, 6.45) is 0. The summed E-state index contributed by atoms with van der Waals surface area (Å²) in [5, 5.41) is 11.1. The van der Waals surface area contributed by atoms with Crippen LogP contribution in [0.25, 0.3) is 0 Å². The smallest absolute Gasteiger partial charge is 0.238 e. The average Bonchev–Trinajstić information content (AvgIpc) is 3.02. The molecule has 3 rings (SSSR count). The molecule has 1 aromatic heterocycles. The van der Waals surface area contributed by atoms with Crippen LogP contribution >= 0.6 is 0 Å². The molecule has 0 unspecified atom stereocenters. The van der Waals surface area contributed by atoms with Gasteiger partial charge in [-0.3, -0.25) is 0 Å². The van der Waals surface area contributed by atoms with Gasteiger partial charge in [-0.05, 0) is 37.3 Å². The number of rotatable bonds is 6. The van der Waals surface area contributed by atoms with Crippen LogP contribution in [0.5, 0.6) is 5.75 Å². The van der Waals surface area contributed by atoms with Gasteiger partial charge in [-0.25, -0.2) is 4.39 Å². The number of hydrogen-bond acceptors (Lipinski definition) is 5. The van der Waals surface area contributed by atoms with E-state index in [1.54, 1.807) is 25.1 Å². The van der Waals surface area contributed by atoms with E-state index in [2.05, 4.69) is 15.5 Å². The van der Waals surface area contributed by atoms with Crippen molar-refractivity contribution in [2.75, 3.05) is 5.32 Å². The second-order valence-corrected chi connectivity index (χ2v) is 5.43. The van der Waals surface area contributed by atoms with Gasteiger partial charge in [-0.1, -0.05) is 18.2 Å². The number of nitrogens with one attached hydrogen (secondary N) is 1. The second-order valence-electron chi connectivity index (χ2n) is 5.43. The van der Waals surface area contributed by atoms with Crippen LogP contribution in [0.3, 0.4) is 0 Å². The predicted molar refractivity (Wildman–Crippen MR) is 88.2 cm³/mol. The molecule has 0 saturated heterocycles. The Balaban J connectivity index is 1.58. The van der Waals surface area contributed by atoms with Gasteiger partial charge in [0.2, 0.25) is 11.8 Å². The Morgan fingerprint density at radius 2 is 1.88 bits per heavy atom. The molecule has 0 amide bonds. The van der Waals surface area contributed by atoms with E-state index in [1.807, 2.05) is 31.2 Å². The van der Waals surface area contributed by atoms with Gasteiger partial charge in [-0.2, -0.15) is 0 Å². The van der Waals surface area contributed by atoms with E-state index in [9.17, 15) is 4.39 Å². The van der Waals surface area contributed by atoms with Crippen LogP contribution in [-0.2, 0) is 6.61 Å². The first kappa shape index (κ1) is 16.0. The fraction of sp³-hybridized carbons (Fsp3) is 0.222. The minimum atomic E-state index is -0.264. The fourth-order valence-electron chi connectivity index (χ4n) is 2.22. The second kappa shape index (κ2) is 7.12. The molecular weight excluding hydrogens is 309 g/mol. The van der Waals surface area contributed by atoms with E-state index in [1.165, 1.54) is 6.07 Å². The third-order valence-electron chi connectivity index (χ3n) is 3.50. The fourth-order valence-corrected chi connectivity index (χ4v) is 2.22. The summed E-state index contributed by atoms with van der Waals surface area (Å²) in [6, 6.07) is 13.9. The molecule has 2 aromatic carbocycles. The minimum absolute atomic E-state index is 0.101. The molecule has 0 bridgehead atoms. The summed E-state index contributed by atoms with van der Waals surface area (Å²) < 4.78 is 24.6. The van der Waals surface area contributed by atoms with Crippen molar-refractivity contribution in [2.45, 2.75) is 26.5 Å². The Morgan fingerprint density at radius 1 is 1.12 bits per heavy atom. The SMILES string of the molecule is Cc1nnc([C@@H](C)Nc2ccc(OCc3ccccc3F)cc2)o1. The van der Waals surface area contributed by atoms with E-state index < -0.39 is 0 Å². The number of nitrogens with zero attached hydrogens (tertiary/aromatic N) is 2. The summed E-state index contributed by atoms with van der Waals surface area (Å²) in [7, 11) is 0. The molecule has 0 aliphatic rings. The van der Waals surface area contributed by atoms with Crippen molar-refractivity contribution >= 4 is 5.69 Å². The van der Waals surface area contributed by atoms with E-state index in [0.717, 1.165) is 5.69 Å². The van der Waals surface area contributed by atoms with Crippen LogP contribution in [0.4, 0.5) is 10.1 Å². The maximum atomic E-state index is 13.6. The number of hydrogen-bond donors (Lipinski definition) is 1. The Bertz CT molecular complexity index is 802.